The molecule has 1 aromatic carbocycles. The van der Waals surface area contributed by atoms with E-state index in [0.29, 0.717) is 6.42 Å². The fourth-order valence-electron chi connectivity index (χ4n) is 2.17. The second-order valence-corrected chi connectivity index (χ2v) is 5.68. The maximum Gasteiger partial charge on any atom is 0.271 e. The Morgan fingerprint density at radius 1 is 1.38 bits per heavy atom. The smallest absolute Gasteiger partial charge is 0.271 e. The van der Waals surface area contributed by atoms with E-state index in [2.05, 4.69) is 10.3 Å². The van der Waals surface area contributed by atoms with Gasteiger partial charge in [0.05, 0.1) is 4.92 Å². The number of non-ortho nitro benzene ring substituents is 1. The molecule has 0 bridgehead atoms. The summed E-state index contributed by atoms with van der Waals surface area (Å²) in [5.74, 6) is -0.696. The number of nitro groups is 1. The lowest BCUT2D eigenvalue weighted by atomic mass is 10.0. The van der Waals surface area contributed by atoms with Crippen molar-refractivity contribution in [2.75, 3.05) is 13.2 Å². The molecule has 0 fully saturated rings. The number of hydrogen-bond acceptors (Lipinski definition) is 5. The van der Waals surface area contributed by atoms with Crippen LogP contribution in [-0.2, 0) is 6.42 Å². The van der Waals surface area contributed by atoms with Crippen molar-refractivity contribution in [2.24, 2.45) is 5.92 Å². The van der Waals surface area contributed by atoms with Gasteiger partial charge in [-0.15, -0.1) is 0 Å². The molecule has 24 heavy (non-hydrogen) atoms. The third-order valence-electron chi connectivity index (χ3n) is 3.39. The first-order valence-electron chi connectivity index (χ1n) is 7.23. The van der Waals surface area contributed by atoms with Crippen molar-refractivity contribution in [3.8, 4) is 0 Å². The van der Waals surface area contributed by atoms with Crippen molar-refractivity contribution >= 4 is 23.2 Å². The molecule has 1 atom stereocenters. The number of aliphatic hydroxyl groups excluding tert-OH is 1. The number of nitrogens with one attached hydrogen (secondary N) is 1. The van der Waals surface area contributed by atoms with E-state index in [0.717, 1.165) is 11.8 Å². The van der Waals surface area contributed by atoms with Gasteiger partial charge in [-0.2, -0.15) is 0 Å². The first kappa shape index (κ1) is 17.8. The number of nitro benzene ring substituents is 1. The Balaban J connectivity index is 2.00. The standard InChI is InChI=1S/C16H16ClN3O4/c17-13-6-12(7-15(8-13)20(23)24)16(22)19-9-11(10-21)5-14-3-1-2-4-18-14/h1-4,6-8,11,21H,5,9-10H2,(H,19,22). The molecule has 0 saturated carbocycles. The minimum atomic E-state index is -0.611. The first-order valence-corrected chi connectivity index (χ1v) is 7.61. The fraction of sp³-hybridized carbons (Fsp3) is 0.250. The zero-order chi connectivity index (χ0) is 17.5. The van der Waals surface area contributed by atoms with Crippen molar-refractivity contribution < 1.29 is 14.8 Å². The molecule has 1 amide bonds. The second-order valence-electron chi connectivity index (χ2n) is 5.24. The number of benzene rings is 1. The van der Waals surface area contributed by atoms with Gasteiger partial charge in [0.25, 0.3) is 11.6 Å². The number of amides is 1. The largest absolute Gasteiger partial charge is 0.396 e. The van der Waals surface area contributed by atoms with E-state index in [-0.39, 0.29) is 35.3 Å². The number of aromatic nitrogens is 1. The van der Waals surface area contributed by atoms with Crippen LogP contribution >= 0.6 is 11.6 Å². The minimum Gasteiger partial charge on any atom is -0.396 e. The van der Waals surface area contributed by atoms with Crippen LogP contribution in [0.1, 0.15) is 16.1 Å². The summed E-state index contributed by atoms with van der Waals surface area (Å²) < 4.78 is 0. The monoisotopic (exact) mass is 349 g/mol. The van der Waals surface area contributed by atoms with Crippen LogP contribution in [0.2, 0.25) is 5.02 Å². The zero-order valence-corrected chi connectivity index (χ0v) is 13.4. The molecule has 0 radical (unpaired) electrons. The lowest BCUT2D eigenvalue weighted by Crippen LogP contribution is -2.32. The molecule has 1 unspecified atom stereocenters. The lowest BCUT2D eigenvalue weighted by molar-refractivity contribution is -0.384. The third-order valence-corrected chi connectivity index (χ3v) is 3.61. The first-order chi connectivity index (χ1) is 11.5. The van der Waals surface area contributed by atoms with Gasteiger partial charge in [-0.05, 0) is 24.6 Å². The predicted octanol–water partition coefficient (Wildman–Crippen LogP) is 2.22. The maximum absolute atomic E-state index is 12.2. The highest BCUT2D eigenvalue weighted by Gasteiger charge is 2.16. The van der Waals surface area contributed by atoms with Crippen LogP contribution in [0.4, 0.5) is 5.69 Å². The molecule has 0 saturated heterocycles. The molecule has 1 heterocycles. The Morgan fingerprint density at radius 3 is 2.79 bits per heavy atom. The van der Waals surface area contributed by atoms with E-state index in [1.807, 2.05) is 12.1 Å². The van der Waals surface area contributed by atoms with Crippen molar-refractivity contribution in [2.45, 2.75) is 6.42 Å². The molecule has 2 N–H and O–H groups in total. The third kappa shape index (κ3) is 5.00. The van der Waals surface area contributed by atoms with E-state index in [4.69, 9.17) is 11.6 Å². The molecule has 2 rings (SSSR count). The molecule has 0 aliphatic carbocycles. The second kappa shape index (κ2) is 8.37. The Hall–Kier alpha value is -2.51. The van der Waals surface area contributed by atoms with E-state index >= 15 is 0 Å². The molecule has 2 aromatic rings. The van der Waals surface area contributed by atoms with Crippen molar-refractivity contribution in [1.82, 2.24) is 10.3 Å². The molecule has 0 aliphatic rings. The number of pyridine rings is 1. The highest BCUT2D eigenvalue weighted by atomic mass is 35.5. The molecule has 8 heteroatoms. The number of aliphatic hydroxyl groups is 1. The molecule has 0 spiro atoms. The van der Waals surface area contributed by atoms with E-state index in [1.165, 1.54) is 12.1 Å². The number of carbonyl (C=O) groups excluding carboxylic acids is 1. The summed E-state index contributed by atoms with van der Waals surface area (Å²) in [7, 11) is 0. The van der Waals surface area contributed by atoms with Crippen molar-refractivity contribution in [1.29, 1.82) is 0 Å². The highest BCUT2D eigenvalue weighted by Crippen LogP contribution is 2.20. The van der Waals surface area contributed by atoms with Crippen LogP contribution in [0, 0.1) is 16.0 Å². The Kier molecular flexibility index (Phi) is 6.22. The number of carbonyl (C=O) groups is 1. The highest BCUT2D eigenvalue weighted by molar-refractivity contribution is 6.31. The SMILES string of the molecule is O=C(NCC(CO)Cc1ccccn1)c1cc(Cl)cc([N+](=O)[O-])c1. The minimum absolute atomic E-state index is 0.101. The number of hydrogen-bond donors (Lipinski definition) is 2. The van der Waals surface area contributed by atoms with Gasteiger partial charge in [0.15, 0.2) is 0 Å². The van der Waals surface area contributed by atoms with Crippen LogP contribution in [0.15, 0.2) is 42.6 Å². The Labute approximate surface area is 143 Å². The summed E-state index contributed by atoms with van der Waals surface area (Å²) in [5, 5.41) is 23.0. The topological polar surface area (TPSA) is 105 Å². The zero-order valence-electron chi connectivity index (χ0n) is 12.7. The van der Waals surface area contributed by atoms with E-state index in [9.17, 15) is 20.0 Å². The van der Waals surface area contributed by atoms with Gasteiger partial charge in [-0.3, -0.25) is 19.9 Å². The Morgan fingerprint density at radius 2 is 2.17 bits per heavy atom. The van der Waals surface area contributed by atoms with Gasteiger partial charge in [-0.1, -0.05) is 17.7 Å². The average molecular weight is 350 g/mol. The summed E-state index contributed by atoms with van der Waals surface area (Å²) in [4.78, 5) is 26.5. The summed E-state index contributed by atoms with van der Waals surface area (Å²) >= 11 is 5.80. The molecule has 126 valence electrons. The van der Waals surface area contributed by atoms with Crippen LogP contribution in [0.5, 0.6) is 0 Å². The van der Waals surface area contributed by atoms with Crippen LogP contribution in [-0.4, -0.2) is 34.1 Å². The van der Waals surface area contributed by atoms with Crippen LogP contribution < -0.4 is 5.32 Å². The van der Waals surface area contributed by atoms with Crippen LogP contribution in [0.25, 0.3) is 0 Å². The number of rotatable bonds is 7. The number of halogens is 1. The Bertz CT molecular complexity index is 725. The molecule has 0 aliphatic heterocycles. The average Bonchev–Trinajstić information content (AvgIpc) is 2.58. The summed E-state index contributed by atoms with van der Waals surface area (Å²) in [6, 6.07) is 9.18. The molecule has 1 aromatic heterocycles. The molecule has 7 nitrogen and oxygen atoms in total. The van der Waals surface area contributed by atoms with Gasteiger partial charge in [0.2, 0.25) is 0 Å². The molecular weight excluding hydrogens is 334 g/mol. The fourth-order valence-corrected chi connectivity index (χ4v) is 2.39. The molecular formula is C16H16ClN3O4. The van der Waals surface area contributed by atoms with Crippen molar-refractivity contribution in [3.63, 3.8) is 0 Å². The van der Waals surface area contributed by atoms with E-state index < -0.39 is 10.8 Å². The lowest BCUT2D eigenvalue weighted by Gasteiger charge is -2.14. The van der Waals surface area contributed by atoms with Gasteiger partial charge in [0.1, 0.15) is 0 Å². The summed E-state index contributed by atoms with van der Waals surface area (Å²) in [5.41, 5.74) is 0.660. The van der Waals surface area contributed by atoms with Gasteiger partial charge < -0.3 is 10.4 Å². The normalized spacial score (nSPS) is 11.8. The quantitative estimate of drug-likeness (QED) is 0.589. The maximum atomic E-state index is 12.2. The summed E-state index contributed by atoms with van der Waals surface area (Å²) in [6.07, 6.45) is 2.17. The predicted molar refractivity (Wildman–Crippen MR) is 89.0 cm³/mol. The van der Waals surface area contributed by atoms with Gasteiger partial charge >= 0.3 is 0 Å². The van der Waals surface area contributed by atoms with Crippen molar-refractivity contribution in [3.05, 3.63) is 69.0 Å². The van der Waals surface area contributed by atoms with Crippen LogP contribution in [0.3, 0.4) is 0 Å². The number of nitrogens with zero attached hydrogens (tertiary/aromatic N) is 2. The van der Waals surface area contributed by atoms with Gasteiger partial charge in [-0.25, -0.2) is 0 Å². The van der Waals surface area contributed by atoms with E-state index in [1.54, 1.807) is 12.3 Å². The van der Waals surface area contributed by atoms with Gasteiger partial charge in [0, 0.05) is 53.7 Å². The summed E-state index contributed by atoms with van der Waals surface area (Å²) in [6.45, 7) is 0.0960.